The summed E-state index contributed by atoms with van der Waals surface area (Å²) in [5.74, 6) is -1.43. The van der Waals surface area contributed by atoms with Crippen LogP contribution in [0.4, 0.5) is 21.9 Å². The van der Waals surface area contributed by atoms with E-state index in [-0.39, 0.29) is 79.8 Å². The van der Waals surface area contributed by atoms with Crippen molar-refractivity contribution in [1.29, 1.82) is 0 Å². The van der Waals surface area contributed by atoms with Crippen LogP contribution >= 0.6 is 11.6 Å². The molecule has 0 spiro atoms. The van der Waals surface area contributed by atoms with Crippen LogP contribution < -0.4 is 30.9 Å². The van der Waals surface area contributed by atoms with Crippen molar-refractivity contribution in [3.05, 3.63) is 108 Å². The Kier molecular flexibility index (Phi) is 13.4. The minimum atomic E-state index is -0.432. The first-order valence-corrected chi connectivity index (χ1v) is 21.9. The highest BCUT2D eigenvalue weighted by Crippen LogP contribution is 2.46. The van der Waals surface area contributed by atoms with Gasteiger partial charge in [-0.15, -0.1) is 11.6 Å². The number of anilines is 3. The molecular formula is C47H48ClN9O8. The maximum atomic E-state index is 14.3. The molecule has 0 unspecified atom stereocenters. The minimum absolute atomic E-state index is 0.0330. The van der Waals surface area contributed by atoms with E-state index in [4.69, 9.17) is 16.3 Å². The molecule has 1 aromatic heterocycles. The first-order chi connectivity index (χ1) is 31.4. The summed E-state index contributed by atoms with van der Waals surface area (Å²) < 4.78 is 6.04. The number of H-pyrrole nitrogens is 1. The first-order valence-electron chi connectivity index (χ1n) is 21.4. The van der Waals surface area contributed by atoms with Gasteiger partial charge in [0, 0.05) is 122 Å². The largest absolute Gasteiger partial charge is 0.415 e. The number of carbonyl (C=O) groups is 7. The van der Waals surface area contributed by atoms with Crippen LogP contribution in [-0.4, -0.2) is 133 Å². The number of hydrogen-bond acceptors (Lipinski definition) is 10. The maximum absolute atomic E-state index is 14.3. The van der Waals surface area contributed by atoms with Crippen molar-refractivity contribution in [2.24, 2.45) is 0 Å². The molecule has 18 heteroatoms. The van der Waals surface area contributed by atoms with Crippen LogP contribution in [0, 0.1) is 0 Å². The average molecular weight is 902 g/mol. The highest BCUT2D eigenvalue weighted by atomic mass is 35.5. The molecule has 65 heavy (non-hydrogen) atoms. The Balaban J connectivity index is 0.839. The monoisotopic (exact) mass is 901 g/mol. The normalized spacial score (nSPS) is 16.0. The number of carbonyl (C=O) groups excluding carboxylic acids is 7. The quantitative estimate of drug-likeness (QED) is 0.0559. The first kappa shape index (κ1) is 44.4. The van der Waals surface area contributed by atoms with E-state index < -0.39 is 6.09 Å². The average Bonchev–Trinajstić information content (AvgIpc) is 4.01. The third kappa shape index (κ3) is 10.1. The molecule has 5 N–H and O–H groups in total. The fraction of sp³-hybridized carbons (Fsp3) is 0.298. The van der Waals surface area contributed by atoms with Crippen LogP contribution in [0.25, 0.3) is 21.7 Å². The fourth-order valence-corrected chi connectivity index (χ4v) is 8.42. The fourth-order valence-electron chi connectivity index (χ4n) is 8.16. The van der Waals surface area contributed by atoms with Gasteiger partial charge in [-0.1, -0.05) is 24.3 Å². The number of likely N-dealkylation sites (N-methyl/N-ethyl adjacent to an activating group) is 1. The number of fused-ring (bicyclic) bond motifs is 4. The maximum Gasteiger partial charge on any atom is 0.415 e. The molecule has 0 saturated carbocycles. The minimum Gasteiger partial charge on any atom is -0.409 e. The lowest BCUT2D eigenvalue weighted by molar-refractivity contribution is -0.137. The number of alkyl halides is 1. The molecular weight excluding hydrogens is 854 g/mol. The summed E-state index contributed by atoms with van der Waals surface area (Å²) in [7, 11) is 2.02. The number of piperazine rings is 1. The van der Waals surface area contributed by atoms with Gasteiger partial charge in [-0.3, -0.25) is 33.7 Å². The Labute approximate surface area is 379 Å². The molecule has 4 heterocycles. The number of imide groups is 1. The van der Waals surface area contributed by atoms with Crippen molar-refractivity contribution in [2.75, 3.05) is 87.4 Å². The topological polar surface area (TPSA) is 206 Å². The summed E-state index contributed by atoms with van der Waals surface area (Å²) in [6.45, 7) is 3.52. The summed E-state index contributed by atoms with van der Waals surface area (Å²) in [4.78, 5) is 98.4. The van der Waals surface area contributed by atoms with Gasteiger partial charge in [-0.25, -0.2) is 4.79 Å². The number of amides is 7. The van der Waals surface area contributed by atoms with Crippen LogP contribution in [0.3, 0.4) is 0 Å². The molecule has 5 aromatic rings. The molecule has 7 amide bonds. The molecule has 4 aromatic carbocycles. The van der Waals surface area contributed by atoms with Gasteiger partial charge in [0.05, 0.1) is 12.2 Å². The van der Waals surface area contributed by atoms with Gasteiger partial charge in [0.25, 0.3) is 23.6 Å². The Morgan fingerprint density at radius 1 is 0.815 bits per heavy atom. The zero-order valence-electron chi connectivity index (χ0n) is 35.7. The molecule has 0 aliphatic carbocycles. The molecule has 3 aliphatic rings. The van der Waals surface area contributed by atoms with Gasteiger partial charge >= 0.3 is 6.09 Å². The van der Waals surface area contributed by atoms with Gasteiger partial charge in [0.2, 0.25) is 11.8 Å². The van der Waals surface area contributed by atoms with E-state index in [2.05, 4.69) is 31.2 Å². The zero-order chi connectivity index (χ0) is 45.6. The molecule has 1 fully saturated rings. The second-order valence-electron chi connectivity index (χ2n) is 16.1. The molecule has 8 rings (SSSR count). The van der Waals surface area contributed by atoms with Crippen LogP contribution in [0.5, 0.6) is 5.75 Å². The van der Waals surface area contributed by atoms with E-state index in [1.165, 1.54) is 12.2 Å². The van der Waals surface area contributed by atoms with Gasteiger partial charge in [-0.05, 0) is 72.9 Å². The third-order valence-electron chi connectivity index (χ3n) is 11.7. The van der Waals surface area contributed by atoms with Crippen molar-refractivity contribution < 1.29 is 38.3 Å². The number of rotatable bonds is 15. The predicted octanol–water partition coefficient (Wildman–Crippen LogP) is 4.65. The number of halogens is 1. The SMILES string of the molecule is CN1CCN(C(=O)Oc2cc3c(c4ccccc24)[C@H](CCl)CN3C(=O)c2cc3cc(NC(=O)c4ccc(NCC(=O)NCCNC(=O)CCCN5C(=O)C=CC5=O)cc4)ccc3[nH]2)CC1. The highest BCUT2D eigenvalue weighted by molar-refractivity contribution is 6.19. The van der Waals surface area contributed by atoms with Crippen LogP contribution in [0.2, 0.25) is 0 Å². The third-order valence-corrected chi connectivity index (χ3v) is 12.1. The molecule has 0 radical (unpaired) electrons. The summed E-state index contributed by atoms with van der Waals surface area (Å²) in [5, 5.41) is 13.7. The van der Waals surface area contributed by atoms with E-state index in [1.807, 2.05) is 31.3 Å². The lowest BCUT2D eigenvalue weighted by Crippen LogP contribution is -2.48. The Morgan fingerprint density at radius 2 is 1.51 bits per heavy atom. The second kappa shape index (κ2) is 19.7. The molecule has 3 aliphatic heterocycles. The van der Waals surface area contributed by atoms with E-state index in [0.29, 0.717) is 71.0 Å². The number of ether oxygens (including phenoxy) is 1. The van der Waals surface area contributed by atoms with E-state index in [1.54, 1.807) is 64.4 Å². The van der Waals surface area contributed by atoms with Crippen molar-refractivity contribution >= 4 is 91.9 Å². The summed E-state index contributed by atoms with van der Waals surface area (Å²) in [6.07, 6.45) is 2.44. The molecule has 17 nitrogen and oxygen atoms in total. The predicted molar refractivity (Wildman–Crippen MR) is 246 cm³/mol. The van der Waals surface area contributed by atoms with Crippen LogP contribution in [0.15, 0.2) is 91.0 Å². The molecule has 0 bridgehead atoms. The lowest BCUT2D eigenvalue weighted by Gasteiger charge is -2.31. The number of aromatic nitrogens is 1. The Morgan fingerprint density at radius 3 is 2.23 bits per heavy atom. The summed E-state index contributed by atoms with van der Waals surface area (Å²) in [6, 6.07) is 23.2. The number of nitrogens with zero attached hydrogens (tertiary/aromatic N) is 4. The summed E-state index contributed by atoms with van der Waals surface area (Å²) >= 11 is 6.53. The van der Waals surface area contributed by atoms with Crippen LogP contribution in [0.1, 0.15) is 45.2 Å². The highest BCUT2D eigenvalue weighted by Gasteiger charge is 2.36. The standard InChI is InChI=1S/C47H48ClN9O8/c1-54-19-21-55(22-20-54)47(64)65-39-25-38-44(35-6-3-2-5-34(35)39)31(26-48)28-57(38)46(63)37-24-30-23-33(12-13-36(30)53-37)52-45(62)29-8-10-32(11-9-29)51-27-41(59)50-17-16-49-40(58)7-4-18-56-42(60)14-15-43(56)61/h2-3,5-6,8-15,23-25,31,51,53H,4,7,16-22,26-28H2,1H3,(H,49,58)(H,50,59)(H,52,62)/t31-/m1/s1. The second-order valence-corrected chi connectivity index (χ2v) is 16.4. The van der Waals surface area contributed by atoms with Gasteiger partial charge in [0.15, 0.2) is 0 Å². The smallest absolute Gasteiger partial charge is 0.409 e. The van der Waals surface area contributed by atoms with E-state index in [0.717, 1.165) is 34.3 Å². The van der Waals surface area contributed by atoms with Crippen molar-refractivity contribution in [3.63, 3.8) is 0 Å². The number of benzene rings is 4. The van der Waals surface area contributed by atoms with Crippen molar-refractivity contribution in [3.8, 4) is 5.75 Å². The Hall–Kier alpha value is -7.24. The van der Waals surface area contributed by atoms with E-state index >= 15 is 0 Å². The van der Waals surface area contributed by atoms with Crippen molar-refractivity contribution in [2.45, 2.75) is 18.8 Å². The zero-order valence-corrected chi connectivity index (χ0v) is 36.4. The van der Waals surface area contributed by atoms with Gasteiger partial charge in [-0.2, -0.15) is 0 Å². The van der Waals surface area contributed by atoms with Gasteiger partial charge in [0.1, 0.15) is 11.4 Å². The number of aromatic amines is 1. The summed E-state index contributed by atoms with van der Waals surface area (Å²) in [5.41, 5.74) is 4.13. The van der Waals surface area contributed by atoms with Gasteiger partial charge < -0.3 is 45.7 Å². The molecule has 1 saturated heterocycles. The number of hydrogen-bond donors (Lipinski definition) is 5. The molecule has 336 valence electrons. The van der Waals surface area contributed by atoms with Crippen LogP contribution in [-0.2, 0) is 19.2 Å². The number of nitrogens with one attached hydrogen (secondary N) is 5. The lowest BCUT2D eigenvalue weighted by atomic mass is 9.95. The molecule has 1 atom stereocenters. The Bertz CT molecular complexity index is 2690. The van der Waals surface area contributed by atoms with E-state index in [9.17, 15) is 33.6 Å². The van der Waals surface area contributed by atoms with Crippen molar-refractivity contribution in [1.82, 2.24) is 30.3 Å².